The molecule has 1 aromatic heterocycles. The fourth-order valence-electron chi connectivity index (χ4n) is 3.49. The fraction of sp³-hybridized carbons (Fsp3) is 0.550. The van der Waals surface area contributed by atoms with Crippen LogP contribution in [-0.2, 0) is 26.1 Å². The summed E-state index contributed by atoms with van der Waals surface area (Å²) in [5, 5.41) is 7.85. The summed E-state index contributed by atoms with van der Waals surface area (Å²) in [7, 11) is 5.45. The second-order valence-corrected chi connectivity index (χ2v) is 7.06. The van der Waals surface area contributed by atoms with Gasteiger partial charge in [-0.15, -0.1) is 0 Å². The fourth-order valence-corrected chi connectivity index (χ4v) is 3.49. The number of nitrogens with one attached hydrogen (secondary N) is 1. The van der Waals surface area contributed by atoms with Crippen LogP contribution in [0, 0.1) is 0 Å². The molecule has 0 aliphatic carbocycles. The highest BCUT2D eigenvalue weighted by Crippen LogP contribution is 2.12. The maximum absolute atomic E-state index is 12.4. The van der Waals surface area contributed by atoms with Gasteiger partial charge in [-0.1, -0.05) is 12.1 Å². The molecule has 2 heterocycles. The number of rotatable bonds is 7. The van der Waals surface area contributed by atoms with Crippen molar-refractivity contribution in [3.05, 3.63) is 46.1 Å². The van der Waals surface area contributed by atoms with Gasteiger partial charge in [0.2, 0.25) is 0 Å². The molecular weight excluding hydrogens is 356 g/mol. The van der Waals surface area contributed by atoms with E-state index in [1.165, 1.54) is 5.56 Å². The van der Waals surface area contributed by atoms with Gasteiger partial charge in [0.1, 0.15) is 11.6 Å². The van der Waals surface area contributed by atoms with E-state index in [0.717, 1.165) is 62.9 Å². The Balaban J connectivity index is 1.47. The Hall–Kier alpha value is -2.77. The first-order chi connectivity index (χ1) is 13.6. The second-order valence-electron chi connectivity index (χ2n) is 7.06. The lowest BCUT2D eigenvalue weighted by Crippen LogP contribution is -2.39. The summed E-state index contributed by atoms with van der Waals surface area (Å²) in [5.74, 6) is 2.61. The van der Waals surface area contributed by atoms with Gasteiger partial charge in [0, 0.05) is 46.7 Å². The SMILES string of the molecule is CN=C(NCCCn1nc2n(c1=O)CCCC2)N(C)Cc1ccc(OC)cc1. The van der Waals surface area contributed by atoms with Gasteiger partial charge in [-0.25, -0.2) is 9.48 Å². The molecule has 1 aromatic carbocycles. The quantitative estimate of drug-likeness (QED) is 0.443. The summed E-state index contributed by atoms with van der Waals surface area (Å²) in [6, 6.07) is 8.02. The molecule has 0 bridgehead atoms. The number of ether oxygens (including phenoxy) is 1. The van der Waals surface area contributed by atoms with E-state index in [-0.39, 0.29) is 5.69 Å². The summed E-state index contributed by atoms with van der Waals surface area (Å²) in [4.78, 5) is 18.8. The molecular formula is C20H30N6O2. The van der Waals surface area contributed by atoms with Gasteiger partial charge in [-0.2, -0.15) is 5.10 Å². The van der Waals surface area contributed by atoms with Crippen LogP contribution in [0.3, 0.4) is 0 Å². The first kappa shape index (κ1) is 20.0. The Labute approximate surface area is 165 Å². The van der Waals surface area contributed by atoms with Gasteiger partial charge in [-0.05, 0) is 37.0 Å². The molecule has 0 amide bonds. The van der Waals surface area contributed by atoms with E-state index in [4.69, 9.17) is 4.74 Å². The van der Waals surface area contributed by atoms with E-state index in [9.17, 15) is 4.79 Å². The molecule has 8 heteroatoms. The molecule has 152 valence electrons. The zero-order valence-corrected chi connectivity index (χ0v) is 17.0. The minimum atomic E-state index is 0.0238. The number of methoxy groups -OCH3 is 1. The van der Waals surface area contributed by atoms with Gasteiger partial charge in [0.25, 0.3) is 0 Å². The van der Waals surface area contributed by atoms with Crippen molar-refractivity contribution in [3.63, 3.8) is 0 Å². The van der Waals surface area contributed by atoms with Gasteiger partial charge in [0.15, 0.2) is 5.96 Å². The maximum atomic E-state index is 12.4. The van der Waals surface area contributed by atoms with Crippen molar-refractivity contribution in [3.8, 4) is 5.75 Å². The average molecular weight is 387 g/mol. The monoisotopic (exact) mass is 386 g/mol. The third-order valence-electron chi connectivity index (χ3n) is 5.01. The summed E-state index contributed by atoms with van der Waals surface area (Å²) < 4.78 is 8.62. The number of guanidine groups is 1. The third-order valence-corrected chi connectivity index (χ3v) is 5.01. The maximum Gasteiger partial charge on any atom is 0.345 e. The van der Waals surface area contributed by atoms with E-state index >= 15 is 0 Å². The number of aliphatic imine (C=N–C) groups is 1. The number of aryl methyl sites for hydroxylation is 2. The van der Waals surface area contributed by atoms with Crippen LogP contribution in [0.25, 0.3) is 0 Å². The lowest BCUT2D eigenvalue weighted by atomic mass is 10.2. The smallest absolute Gasteiger partial charge is 0.345 e. The zero-order chi connectivity index (χ0) is 19.9. The van der Waals surface area contributed by atoms with Gasteiger partial charge < -0.3 is 15.0 Å². The van der Waals surface area contributed by atoms with Crippen molar-refractivity contribution in [1.29, 1.82) is 0 Å². The number of nitrogens with zero attached hydrogens (tertiary/aromatic N) is 5. The van der Waals surface area contributed by atoms with Crippen molar-refractivity contribution >= 4 is 5.96 Å². The molecule has 0 saturated heterocycles. The van der Waals surface area contributed by atoms with Gasteiger partial charge in [-0.3, -0.25) is 9.56 Å². The van der Waals surface area contributed by atoms with Crippen molar-refractivity contribution in [2.45, 2.75) is 45.3 Å². The second kappa shape index (κ2) is 9.43. The van der Waals surface area contributed by atoms with Crippen LogP contribution < -0.4 is 15.7 Å². The number of hydrogen-bond donors (Lipinski definition) is 1. The normalized spacial score (nSPS) is 13.9. The number of aromatic nitrogens is 3. The number of hydrogen-bond acceptors (Lipinski definition) is 4. The minimum Gasteiger partial charge on any atom is -0.497 e. The first-order valence-electron chi connectivity index (χ1n) is 9.83. The Bertz CT molecular complexity index is 853. The Morgan fingerprint density at radius 2 is 2.11 bits per heavy atom. The molecule has 0 saturated carbocycles. The molecule has 0 radical (unpaired) electrons. The standard InChI is InChI=1S/C20H30N6O2/c1-21-19(24(2)15-16-8-10-17(28-3)11-9-16)22-12-6-14-26-20(27)25-13-5-4-7-18(25)23-26/h8-11H,4-7,12-15H2,1-3H3,(H,21,22). The highest BCUT2D eigenvalue weighted by Gasteiger charge is 2.16. The predicted octanol–water partition coefficient (Wildman–Crippen LogP) is 1.49. The Kier molecular flexibility index (Phi) is 6.73. The van der Waals surface area contributed by atoms with E-state index in [1.807, 2.05) is 23.7 Å². The van der Waals surface area contributed by atoms with Crippen molar-refractivity contribution < 1.29 is 4.74 Å². The molecule has 28 heavy (non-hydrogen) atoms. The molecule has 2 aromatic rings. The average Bonchev–Trinajstić information content (AvgIpc) is 3.04. The molecule has 0 atom stereocenters. The molecule has 0 unspecified atom stereocenters. The Morgan fingerprint density at radius 1 is 1.32 bits per heavy atom. The molecule has 0 spiro atoms. The van der Waals surface area contributed by atoms with Gasteiger partial charge in [0.05, 0.1) is 7.11 Å². The lowest BCUT2D eigenvalue weighted by Gasteiger charge is -2.22. The predicted molar refractivity (Wildman–Crippen MR) is 110 cm³/mol. The van der Waals surface area contributed by atoms with Crippen LogP contribution in [0.2, 0.25) is 0 Å². The molecule has 1 aliphatic rings. The van der Waals surface area contributed by atoms with E-state index in [2.05, 4.69) is 32.4 Å². The van der Waals surface area contributed by atoms with Crippen LogP contribution in [0.5, 0.6) is 5.75 Å². The van der Waals surface area contributed by atoms with Crippen LogP contribution >= 0.6 is 0 Å². The minimum absolute atomic E-state index is 0.0238. The molecule has 3 rings (SSSR count). The molecule has 1 aliphatic heterocycles. The molecule has 1 N–H and O–H groups in total. The largest absolute Gasteiger partial charge is 0.497 e. The number of benzene rings is 1. The summed E-state index contributed by atoms with van der Waals surface area (Å²) in [5.41, 5.74) is 1.21. The number of fused-ring (bicyclic) bond motifs is 1. The van der Waals surface area contributed by atoms with Crippen molar-refractivity contribution in [1.82, 2.24) is 24.6 Å². The third kappa shape index (κ3) is 4.74. The van der Waals surface area contributed by atoms with Gasteiger partial charge >= 0.3 is 5.69 Å². The van der Waals surface area contributed by atoms with Crippen LogP contribution in [-0.4, -0.2) is 53.0 Å². The van der Waals surface area contributed by atoms with E-state index in [1.54, 1.807) is 18.8 Å². The van der Waals surface area contributed by atoms with Crippen LogP contribution in [0.15, 0.2) is 34.1 Å². The van der Waals surface area contributed by atoms with E-state index in [0.29, 0.717) is 6.54 Å². The zero-order valence-electron chi connectivity index (χ0n) is 17.0. The molecule has 8 nitrogen and oxygen atoms in total. The van der Waals surface area contributed by atoms with E-state index < -0.39 is 0 Å². The summed E-state index contributed by atoms with van der Waals surface area (Å²) in [6.45, 7) is 2.89. The highest BCUT2D eigenvalue weighted by atomic mass is 16.5. The van der Waals surface area contributed by atoms with Crippen molar-refractivity contribution in [2.24, 2.45) is 4.99 Å². The summed E-state index contributed by atoms with van der Waals surface area (Å²) in [6.07, 6.45) is 3.90. The molecule has 0 fully saturated rings. The topological polar surface area (TPSA) is 76.7 Å². The van der Waals surface area contributed by atoms with Crippen LogP contribution in [0.1, 0.15) is 30.7 Å². The first-order valence-corrected chi connectivity index (χ1v) is 9.83. The van der Waals surface area contributed by atoms with Crippen LogP contribution in [0.4, 0.5) is 0 Å². The highest BCUT2D eigenvalue weighted by molar-refractivity contribution is 5.79. The Morgan fingerprint density at radius 3 is 2.79 bits per heavy atom. The van der Waals surface area contributed by atoms with Crippen molar-refractivity contribution in [2.75, 3.05) is 27.7 Å². The lowest BCUT2D eigenvalue weighted by molar-refractivity contribution is 0.414. The summed E-state index contributed by atoms with van der Waals surface area (Å²) >= 11 is 0.